The number of hydrogen-bond donors (Lipinski definition) is 0. The van der Waals surface area contributed by atoms with E-state index in [1.54, 1.807) is 12.4 Å². The number of aromatic nitrogens is 4. The van der Waals surface area contributed by atoms with E-state index in [4.69, 9.17) is 11.6 Å². The van der Waals surface area contributed by atoms with Gasteiger partial charge in [0.15, 0.2) is 5.82 Å². The van der Waals surface area contributed by atoms with E-state index in [0.717, 1.165) is 55.1 Å². The van der Waals surface area contributed by atoms with Crippen LogP contribution in [0.25, 0.3) is 0 Å². The van der Waals surface area contributed by atoms with Gasteiger partial charge < -0.3 is 9.80 Å². The molecule has 1 saturated heterocycles. The minimum atomic E-state index is 0.752. The maximum absolute atomic E-state index is 6.01. The Morgan fingerprint density at radius 1 is 0.926 bits per heavy atom. The van der Waals surface area contributed by atoms with Crippen molar-refractivity contribution in [1.29, 1.82) is 0 Å². The summed E-state index contributed by atoms with van der Waals surface area (Å²) < 4.78 is 0. The first-order chi connectivity index (χ1) is 13.2. The van der Waals surface area contributed by atoms with Gasteiger partial charge in [-0.3, -0.25) is 0 Å². The van der Waals surface area contributed by atoms with Crippen molar-refractivity contribution in [2.75, 3.05) is 36.0 Å². The first kappa shape index (κ1) is 17.7. The topological polar surface area (TPSA) is 58.0 Å². The largest absolute Gasteiger partial charge is 0.351 e. The van der Waals surface area contributed by atoms with Crippen LogP contribution in [-0.2, 0) is 6.42 Å². The third-order valence-corrected chi connectivity index (χ3v) is 4.95. The van der Waals surface area contributed by atoms with E-state index in [9.17, 15) is 0 Å². The fourth-order valence-electron chi connectivity index (χ4n) is 3.33. The maximum Gasteiger partial charge on any atom is 0.225 e. The molecule has 0 bridgehead atoms. The van der Waals surface area contributed by atoms with Crippen LogP contribution < -0.4 is 9.80 Å². The van der Waals surface area contributed by atoms with E-state index in [0.29, 0.717) is 0 Å². The Labute approximate surface area is 163 Å². The molecule has 0 atom stereocenters. The number of nitrogens with zero attached hydrogens (tertiary/aromatic N) is 6. The summed E-state index contributed by atoms with van der Waals surface area (Å²) in [6, 6.07) is 11.9. The molecular formula is C20H21ClN6. The van der Waals surface area contributed by atoms with Gasteiger partial charge in [-0.1, -0.05) is 23.7 Å². The highest BCUT2D eigenvalue weighted by atomic mass is 35.5. The second-order valence-corrected chi connectivity index (χ2v) is 7.10. The van der Waals surface area contributed by atoms with E-state index in [2.05, 4.69) is 48.2 Å². The zero-order chi connectivity index (χ0) is 18.6. The van der Waals surface area contributed by atoms with Crippen molar-refractivity contribution in [3.63, 3.8) is 0 Å². The van der Waals surface area contributed by atoms with Crippen molar-refractivity contribution in [1.82, 2.24) is 20.2 Å². The number of rotatable bonds is 4. The number of benzene rings is 1. The van der Waals surface area contributed by atoms with Crippen LogP contribution in [0, 0.1) is 6.92 Å². The minimum absolute atomic E-state index is 0.752. The number of piperazine rings is 1. The molecule has 138 valence electrons. The SMILES string of the molecule is Cc1cc(Cc2ccc(Cl)cc2)c(N2CCN(c3ncccn3)CC2)nn1. The van der Waals surface area contributed by atoms with Gasteiger partial charge in [0.05, 0.1) is 5.69 Å². The van der Waals surface area contributed by atoms with Crippen molar-refractivity contribution in [3.05, 3.63) is 70.6 Å². The van der Waals surface area contributed by atoms with Crippen LogP contribution in [0.1, 0.15) is 16.8 Å². The highest BCUT2D eigenvalue weighted by molar-refractivity contribution is 6.30. The first-order valence-electron chi connectivity index (χ1n) is 9.03. The standard InChI is InChI=1S/C20H21ClN6/c1-15-13-17(14-16-3-5-18(21)6-4-16)19(25-24-15)26-9-11-27(12-10-26)20-22-7-2-8-23-20/h2-8,13H,9-12,14H2,1H3. The van der Waals surface area contributed by atoms with E-state index in [1.807, 2.05) is 25.1 Å². The molecule has 1 aliphatic rings. The third-order valence-electron chi connectivity index (χ3n) is 4.69. The van der Waals surface area contributed by atoms with Gasteiger partial charge in [0.25, 0.3) is 0 Å². The summed E-state index contributed by atoms with van der Waals surface area (Å²) in [4.78, 5) is 13.2. The van der Waals surface area contributed by atoms with Crippen LogP contribution in [0.5, 0.6) is 0 Å². The van der Waals surface area contributed by atoms with E-state index in [-0.39, 0.29) is 0 Å². The molecule has 0 amide bonds. The molecule has 3 heterocycles. The van der Waals surface area contributed by atoms with Crippen LogP contribution in [-0.4, -0.2) is 46.3 Å². The Hall–Kier alpha value is -2.73. The molecule has 0 saturated carbocycles. The average molecular weight is 381 g/mol. The lowest BCUT2D eigenvalue weighted by molar-refractivity contribution is 0.628. The van der Waals surface area contributed by atoms with Crippen LogP contribution in [0.4, 0.5) is 11.8 Å². The highest BCUT2D eigenvalue weighted by Crippen LogP contribution is 2.23. The van der Waals surface area contributed by atoms with Gasteiger partial charge in [-0.25, -0.2) is 9.97 Å². The van der Waals surface area contributed by atoms with Gasteiger partial charge in [-0.05, 0) is 36.8 Å². The zero-order valence-corrected chi connectivity index (χ0v) is 16.0. The first-order valence-corrected chi connectivity index (χ1v) is 9.41. The van der Waals surface area contributed by atoms with Gasteiger partial charge in [0.2, 0.25) is 5.95 Å². The molecule has 1 aliphatic heterocycles. The number of hydrogen-bond acceptors (Lipinski definition) is 6. The fraction of sp³-hybridized carbons (Fsp3) is 0.300. The zero-order valence-electron chi connectivity index (χ0n) is 15.2. The van der Waals surface area contributed by atoms with Crippen molar-refractivity contribution in [3.8, 4) is 0 Å². The predicted octanol–water partition coefficient (Wildman–Crippen LogP) is 3.15. The molecule has 0 radical (unpaired) electrons. The van der Waals surface area contributed by atoms with Gasteiger partial charge in [-0.15, -0.1) is 5.10 Å². The van der Waals surface area contributed by atoms with E-state index >= 15 is 0 Å². The Bertz CT molecular complexity index is 892. The van der Waals surface area contributed by atoms with Crippen LogP contribution in [0.3, 0.4) is 0 Å². The van der Waals surface area contributed by atoms with Gasteiger partial charge in [-0.2, -0.15) is 5.10 Å². The van der Waals surface area contributed by atoms with Gasteiger partial charge >= 0.3 is 0 Å². The van der Waals surface area contributed by atoms with Crippen molar-refractivity contribution >= 4 is 23.4 Å². The second-order valence-electron chi connectivity index (χ2n) is 6.66. The fourth-order valence-corrected chi connectivity index (χ4v) is 3.45. The Morgan fingerprint density at radius 2 is 1.59 bits per heavy atom. The lowest BCUT2D eigenvalue weighted by Gasteiger charge is -2.35. The molecule has 4 rings (SSSR count). The molecule has 6 nitrogen and oxygen atoms in total. The molecule has 27 heavy (non-hydrogen) atoms. The molecular weight excluding hydrogens is 360 g/mol. The molecule has 3 aromatic rings. The molecule has 0 N–H and O–H groups in total. The monoisotopic (exact) mass is 380 g/mol. The lowest BCUT2D eigenvalue weighted by Crippen LogP contribution is -2.47. The molecule has 1 fully saturated rings. The second kappa shape index (κ2) is 7.88. The summed E-state index contributed by atoms with van der Waals surface area (Å²) in [5, 5.41) is 9.56. The molecule has 7 heteroatoms. The summed E-state index contributed by atoms with van der Waals surface area (Å²) in [6.07, 6.45) is 4.37. The molecule has 0 unspecified atom stereocenters. The molecule has 0 aliphatic carbocycles. The van der Waals surface area contributed by atoms with Gasteiger partial charge in [0, 0.05) is 55.6 Å². The summed E-state index contributed by atoms with van der Waals surface area (Å²) in [5.74, 6) is 1.75. The summed E-state index contributed by atoms with van der Waals surface area (Å²) in [6.45, 7) is 5.43. The van der Waals surface area contributed by atoms with Crippen LogP contribution in [0.2, 0.25) is 5.02 Å². The van der Waals surface area contributed by atoms with E-state index in [1.165, 1.54) is 11.1 Å². The minimum Gasteiger partial charge on any atom is -0.351 e. The van der Waals surface area contributed by atoms with Crippen LogP contribution >= 0.6 is 11.6 Å². The highest BCUT2D eigenvalue weighted by Gasteiger charge is 2.22. The Kier molecular flexibility index (Phi) is 5.16. The Balaban J connectivity index is 1.51. The normalized spacial score (nSPS) is 14.4. The number of anilines is 2. The molecule has 0 spiro atoms. The van der Waals surface area contributed by atoms with E-state index < -0.39 is 0 Å². The third kappa shape index (κ3) is 4.17. The lowest BCUT2D eigenvalue weighted by atomic mass is 10.0. The summed E-state index contributed by atoms with van der Waals surface area (Å²) in [5.41, 5.74) is 3.33. The van der Waals surface area contributed by atoms with Crippen molar-refractivity contribution in [2.24, 2.45) is 0 Å². The maximum atomic E-state index is 6.01. The van der Waals surface area contributed by atoms with Gasteiger partial charge in [0.1, 0.15) is 0 Å². The van der Waals surface area contributed by atoms with Crippen molar-refractivity contribution < 1.29 is 0 Å². The number of aryl methyl sites for hydroxylation is 1. The Morgan fingerprint density at radius 3 is 2.30 bits per heavy atom. The predicted molar refractivity (Wildman–Crippen MR) is 107 cm³/mol. The summed E-state index contributed by atoms with van der Waals surface area (Å²) in [7, 11) is 0. The summed E-state index contributed by atoms with van der Waals surface area (Å²) >= 11 is 6.01. The average Bonchev–Trinajstić information content (AvgIpc) is 2.71. The quantitative estimate of drug-likeness (QED) is 0.693. The van der Waals surface area contributed by atoms with Crippen molar-refractivity contribution in [2.45, 2.75) is 13.3 Å². The number of halogens is 1. The van der Waals surface area contributed by atoms with Crippen LogP contribution in [0.15, 0.2) is 48.8 Å². The smallest absolute Gasteiger partial charge is 0.225 e. The molecule has 1 aromatic carbocycles. The molecule has 2 aromatic heterocycles.